The van der Waals surface area contributed by atoms with Crippen molar-refractivity contribution in [3.8, 4) is 0 Å². The fourth-order valence-corrected chi connectivity index (χ4v) is 4.74. The predicted molar refractivity (Wildman–Crippen MR) is 104 cm³/mol. The lowest BCUT2D eigenvalue weighted by Gasteiger charge is -2.47. The van der Waals surface area contributed by atoms with Gasteiger partial charge in [-0.05, 0) is 37.8 Å². The minimum Gasteiger partial charge on any atom is -0.389 e. The van der Waals surface area contributed by atoms with E-state index in [0.717, 1.165) is 25.7 Å². The van der Waals surface area contributed by atoms with Gasteiger partial charge in [0.25, 0.3) is 5.91 Å². The standard InChI is InChI=1S/C21H27N3O4/c25-18(24-12-11-21(28)10-4-3-5-14(21)13-24)9-8-17-20(27)22-16-7-2-1-6-15(16)19(26)23-17/h1-2,6-7,14,17,28H,3-5,8-13H2,(H,22,27)(H,23,26)/t14-,17+,21+/m0/s1. The molecule has 3 N–H and O–H groups in total. The average Bonchev–Trinajstić information content (AvgIpc) is 2.81. The van der Waals surface area contributed by atoms with E-state index < -0.39 is 11.6 Å². The van der Waals surface area contributed by atoms with Crippen LogP contribution in [-0.2, 0) is 9.59 Å². The van der Waals surface area contributed by atoms with E-state index in [4.69, 9.17) is 0 Å². The van der Waals surface area contributed by atoms with Crippen molar-refractivity contribution in [2.45, 2.75) is 56.6 Å². The summed E-state index contributed by atoms with van der Waals surface area (Å²) in [6, 6.07) is 6.13. The van der Waals surface area contributed by atoms with Gasteiger partial charge in [-0.1, -0.05) is 25.0 Å². The molecule has 1 aromatic carbocycles. The number of likely N-dealkylation sites (tertiary alicyclic amines) is 1. The summed E-state index contributed by atoms with van der Waals surface area (Å²) in [6.45, 7) is 1.14. The third-order valence-corrected chi connectivity index (χ3v) is 6.48. The smallest absolute Gasteiger partial charge is 0.254 e. The molecule has 150 valence electrons. The number of amides is 3. The Bertz CT molecular complexity index is 796. The highest BCUT2D eigenvalue weighted by molar-refractivity contribution is 6.09. The average molecular weight is 385 g/mol. The molecule has 3 atom stereocenters. The van der Waals surface area contributed by atoms with Crippen LogP contribution in [0.5, 0.6) is 0 Å². The number of rotatable bonds is 3. The quantitative estimate of drug-likeness (QED) is 0.737. The highest BCUT2D eigenvalue weighted by Crippen LogP contribution is 2.39. The number of nitrogens with zero attached hydrogens (tertiary/aromatic N) is 1. The second-order valence-corrected chi connectivity index (χ2v) is 8.24. The minimum atomic E-state index is -0.736. The maximum atomic E-state index is 12.7. The van der Waals surface area contributed by atoms with Crippen LogP contribution in [0.25, 0.3) is 0 Å². The number of benzene rings is 1. The second-order valence-electron chi connectivity index (χ2n) is 8.24. The largest absolute Gasteiger partial charge is 0.389 e. The molecular weight excluding hydrogens is 358 g/mol. The number of fused-ring (bicyclic) bond motifs is 2. The van der Waals surface area contributed by atoms with Crippen LogP contribution in [0.15, 0.2) is 24.3 Å². The number of aliphatic hydroxyl groups is 1. The van der Waals surface area contributed by atoms with Gasteiger partial charge in [0.2, 0.25) is 11.8 Å². The number of para-hydroxylation sites is 1. The van der Waals surface area contributed by atoms with Crippen molar-refractivity contribution < 1.29 is 19.5 Å². The van der Waals surface area contributed by atoms with E-state index in [0.29, 0.717) is 30.8 Å². The van der Waals surface area contributed by atoms with E-state index in [1.807, 2.05) is 4.90 Å². The van der Waals surface area contributed by atoms with Crippen molar-refractivity contribution in [2.24, 2.45) is 5.92 Å². The van der Waals surface area contributed by atoms with Crippen LogP contribution in [0.1, 0.15) is 55.3 Å². The van der Waals surface area contributed by atoms with Crippen LogP contribution in [0, 0.1) is 5.92 Å². The summed E-state index contributed by atoms with van der Waals surface area (Å²) in [5, 5.41) is 16.3. The van der Waals surface area contributed by atoms with Gasteiger partial charge < -0.3 is 20.6 Å². The van der Waals surface area contributed by atoms with Crippen molar-refractivity contribution >= 4 is 23.4 Å². The van der Waals surface area contributed by atoms with Gasteiger partial charge in [-0.15, -0.1) is 0 Å². The van der Waals surface area contributed by atoms with E-state index in [2.05, 4.69) is 10.6 Å². The number of piperidine rings is 1. The molecule has 3 amide bonds. The first-order chi connectivity index (χ1) is 13.5. The number of hydrogen-bond acceptors (Lipinski definition) is 4. The Morgan fingerprint density at radius 2 is 2.04 bits per heavy atom. The monoisotopic (exact) mass is 385 g/mol. The Morgan fingerprint density at radius 3 is 2.89 bits per heavy atom. The SMILES string of the molecule is O=C1N[C@H](CCC(=O)N2CC[C@]3(O)CCCC[C@H]3C2)C(=O)Nc2ccccc21. The molecule has 2 heterocycles. The van der Waals surface area contributed by atoms with E-state index in [9.17, 15) is 19.5 Å². The first-order valence-corrected chi connectivity index (χ1v) is 10.2. The molecule has 1 saturated carbocycles. The summed E-state index contributed by atoms with van der Waals surface area (Å²) in [5.41, 5.74) is 0.305. The molecule has 2 fully saturated rings. The zero-order valence-electron chi connectivity index (χ0n) is 15.9. The van der Waals surface area contributed by atoms with Gasteiger partial charge in [0.15, 0.2) is 0 Å². The number of nitrogens with one attached hydrogen (secondary N) is 2. The first kappa shape index (κ1) is 18.9. The fourth-order valence-electron chi connectivity index (χ4n) is 4.74. The Labute approximate surface area is 164 Å². The van der Waals surface area contributed by atoms with E-state index in [1.54, 1.807) is 24.3 Å². The molecule has 2 aliphatic heterocycles. The third kappa shape index (κ3) is 3.63. The van der Waals surface area contributed by atoms with Crippen LogP contribution < -0.4 is 10.6 Å². The Kier molecular flexibility index (Phi) is 5.10. The first-order valence-electron chi connectivity index (χ1n) is 10.2. The third-order valence-electron chi connectivity index (χ3n) is 6.48. The Balaban J connectivity index is 1.35. The van der Waals surface area contributed by atoms with Crippen LogP contribution in [-0.4, -0.2) is 52.5 Å². The molecule has 0 bridgehead atoms. The summed E-state index contributed by atoms with van der Waals surface area (Å²) < 4.78 is 0. The molecule has 7 nitrogen and oxygen atoms in total. The summed E-state index contributed by atoms with van der Waals surface area (Å²) in [5.74, 6) is -0.478. The van der Waals surface area contributed by atoms with Gasteiger partial charge in [-0.25, -0.2) is 0 Å². The number of carbonyl (C=O) groups is 3. The number of anilines is 1. The molecule has 0 aromatic heterocycles. The van der Waals surface area contributed by atoms with Crippen molar-refractivity contribution in [1.29, 1.82) is 0 Å². The highest BCUT2D eigenvalue weighted by Gasteiger charge is 2.43. The summed E-state index contributed by atoms with van der Waals surface area (Å²) in [6.07, 6.45) is 5.02. The van der Waals surface area contributed by atoms with Gasteiger partial charge in [-0.2, -0.15) is 0 Å². The van der Waals surface area contributed by atoms with E-state index in [1.165, 1.54) is 0 Å². The van der Waals surface area contributed by atoms with E-state index in [-0.39, 0.29) is 36.5 Å². The van der Waals surface area contributed by atoms with Crippen molar-refractivity contribution in [1.82, 2.24) is 10.2 Å². The van der Waals surface area contributed by atoms with E-state index >= 15 is 0 Å². The lowest BCUT2D eigenvalue weighted by molar-refractivity contribution is -0.143. The van der Waals surface area contributed by atoms with Gasteiger partial charge >= 0.3 is 0 Å². The minimum absolute atomic E-state index is 0.0172. The number of hydrogen-bond donors (Lipinski definition) is 3. The van der Waals surface area contributed by atoms with Gasteiger partial charge in [0, 0.05) is 25.4 Å². The summed E-state index contributed by atoms with van der Waals surface area (Å²) in [4.78, 5) is 39.4. The maximum absolute atomic E-state index is 12.7. The highest BCUT2D eigenvalue weighted by atomic mass is 16.3. The van der Waals surface area contributed by atoms with Crippen LogP contribution >= 0.6 is 0 Å². The second kappa shape index (κ2) is 7.54. The molecule has 4 rings (SSSR count). The fraction of sp³-hybridized carbons (Fsp3) is 0.571. The molecule has 0 radical (unpaired) electrons. The molecule has 0 unspecified atom stereocenters. The molecule has 28 heavy (non-hydrogen) atoms. The molecule has 7 heteroatoms. The van der Waals surface area contributed by atoms with Crippen molar-refractivity contribution in [2.75, 3.05) is 18.4 Å². The molecule has 1 saturated heterocycles. The molecular formula is C21H27N3O4. The molecule has 1 aromatic rings. The zero-order chi connectivity index (χ0) is 19.7. The topological polar surface area (TPSA) is 98.7 Å². The molecule has 3 aliphatic rings. The van der Waals surface area contributed by atoms with Gasteiger partial charge in [-0.3, -0.25) is 14.4 Å². The normalized spacial score (nSPS) is 29.8. The Hall–Kier alpha value is -2.41. The number of carbonyl (C=O) groups excluding carboxylic acids is 3. The summed E-state index contributed by atoms with van der Waals surface area (Å²) >= 11 is 0. The zero-order valence-corrected chi connectivity index (χ0v) is 15.9. The van der Waals surface area contributed by atoms with Crippen LogP contribution in [0.3, 0.4) is 0 Å². The van der Waals surface area contributed by atoms with Crippen molar-refractivity contribution in [3.63, 3.8) is 0 Å². The Morgan fingerprint density at radius 1 is 1.21 bits per heavy atom. The predicted octanol–water partition coefficient (Wildman–Crippen LogP) is 1.67. The maximum Gasteiger partial charge on any atom is 0.254 e. The molecule has 1 aliphatic carbocycles. The lowest BCUT2D eigenvalue weighted by Crippen LogP contribution is -2.54. The van der Waals surface area contributed by atoms with Crippen molar-refractivity contribution in [3.05, 3.63) is 29.8 Å². The van der Waals surface area contributed by atoms with Crippen LogP contribution in [0.4, 0.5) is 5.69 Å². The van der Waals surface area contributed by atoms with Gasteiger partial charge in [0.05, 0.1) is 16.9 Å². The van der Waals surface area contributed by atoms with Crippen LogP contribution in [0.2, 0.25) is 0 Å². The van der Waals surface area contributed by atoms with Gasteiger partial charge in [0.1, 0.15) is 6.04 Å². The lowest BCUT2D eigenvalue weighted by atomic mass is 9.71. The summed E-state index contributed by atoms with van der Waals surface area (Å²) in [7, 11) is 0. The molecule has 0 spiro atoms.